The molecular weight excluding hydrogens is 500 g/mol. The molecule has 1 aromatic carbocycles. The van der Waals surface area contributed by atoms with Gasteiger partial charge in [-0.15, -0.1) is 0 Å². The van der Waals surface area contributed by atoms with Crippen LogP contribution >= 0.6 is 0 Å². The second-order valence-electron chi connectivity index (χ2n) is 9.45. The highest BCUT2D eigenvalue weighted by atomic mass is 19.1. The van der Waals surface area contributed by atoms with E-state index in [0.29, 0.717) is 6.42 Å². The van der Waals surface area contributed by atoms with Crippen molar-refractivity contribution in [1.29, 1.82) is 0 Å². The molecule has 8 nitrogen and oxygen atoms in total. The fraction of sp³-hybridized carbons (Fsp3) is 0.500. The van der Waals surface area contributed by atoms with Crippen molar-refractivity contribution in [3.8, 4) is 17.2 Å². The molecule has 0 aliphatic carbocycles. The minimum atomic E-state index is -0.855. The van der Waals surface area contributed by atoms with E-state index in [1.807, 2.05) is 13.8 Å². The van der Waals surface area contributed by atoms with Gasteiger partial charge in [0, 0.05) is 31.7 Å². The van der Waals surface area contributed by atoms with Gasteiger partial charge in [-0.2, -0.15) is 0 Å². The van der Waals surface area contributed by atoms with E-state index in [9.17, 15) is 23.2 Å². The average Bonchev–Trinajstić information content (AvgIpc) is 2.86. The maximum atomic E-state index is 14.2. The molecule has 0 N–H and O–H groups in total. The van der Waals surface area contributed by atoms with Gasteiger partial charge in [-0.3, -0.25) is 14.4 Å². The van der Waals surface area contributed by atoms with Gasteiger partial charge >= 0.3 is 11.9 Å². The Morgan fingerprint density at radius 1 is 1.03 bits per heavy atom. The molecule has 0 aliphatic heterocycles. The smallest absolute Gasteiger partial charge is 0.310 e. The first kappa shape index (κ1) is 30.7. The molecule has 2 aromatic rings. The number of methoxy groups -OCH3 is 1. The topological polar surface area (TPSA) is 101 Å². The number of benzene rings is 1. The largest absolute Gasteiger partial charge is 0.493 e. The van der Waals surface area contributed by atoms with Gasteiger partial charge in [0.1, 0.15) is 18.0 Å². The second-order valence-corrected chi connectivity index (χ2v) is 9.45. The molecule has 0 bridgehead atoms. The van der Waals surface area contributed by atoms with Crippen LogP contribution in [0.1, 0.15) is 64.9 Å². The molecule has 0 amide bonds. The number of pyridine rings is 1. The van der Waals surface area contributed by atoms with Gasteiger partial charge in [0.25, 0.3) is 0 Å². The number of Topliss-reactive ketones (excluding diaryl/α,β-unsaturated/α-hetero) is 1. The molecule has 0 radical (unpaired) electrons. The van der Waals surface area contributed by atoms with E-state index in [2.05, 4.69) is 4.98 Å². The fourth-order valence-electron chi connectivity index (χ4n) is 3.96. The molecule has 1 aromatic heterocycles. The minimum Gasteiger partial charge on any atom is -0.493 e. The third kappa shape index (κ3) is 7.97. The number of hydrogen-bond donors (Lipinski definition) is 0. The Kier molecular flexibility index (Phi) is 11.2. The van der Waals surface area contributed by atoms with Crippen LogP contribution in [0.15, 0.2) is 30.5 Å². The molecule has 208 valence electrons. The van der Waals surface area contributed by atoms with Crippen LogP contribution in [-0.4, -0.2) is 42.0 Å². The quantitative estimate of drug-likeness (QED) is 0.243. The summed E-state index contributed by atoms with van der Waals surface area (Å²) >= 11 is 0. The zero-order valence-electron chi connectivity index (χ0n) is 22.7. The highest BCUT2D eigenvalue weighted by Gasteiger charge is 2.34. The molecule has 0 saturated carbocycles. The molecule has 0 unspecified atom stereocenters. The van der Waals surface area contributed by atoms with Gasteiger partial charge in [0.15, 0.2) is 28.8 Å². The van der Waals surface area contributed by atoms with E-state index in [0.717, 1.165) is 18.2 Å². The van der Waals surface area contributed by atoms with Gasteiger partial charge in [-0.05, 0) is 30.9 Å². The summed E-state index contributed by atoms with van der Waals surface area (Å²) in [6, 6.07) is 4.32. The van der Waals surface area contributed by atoms with Crippen molar-refractivity contribution in [1.82, 2.24) is 4.98 Å². The van der Waals surface area contributed by atoms with Gasteiger partial charge < -0.3 is 18.9 Å². The molecule has 4 atom stereocenters. The Bertz CT molecular complexity index is 1140. The summed E-state index contributed by atoms with van der Waals surface area (Å²) in [6.45, 7) is 10.1. The van der Waals surface area contributed by atoms with E-state index in [-0.39, 0.29) is 41.2 Å². The monoisotopic (exact) mass is 535 g/mol. The molecule has 0 fully saturated rings. The van der Waals surface area contributed by atoms with Crippen molar-refractivity contribution in [2.75, 3.05) is 7.11 Å². The predicted molar refractivity (Wildman–Crippen MR) is 135 cm³/mol. The third-order valence-corrected chi connectivity index (χ3v) is 6.22. The Balaban J connectivity index is 2.27. The molecular formula is C28H35F2NO7. The summed E-state index contributed by atoms with van der Waals surface area (Å²) in [5, 5.41) is 0. The Morgan fingerprint density at radius 2 is 1.71 bits per heavy atom. The van der Waals surface area contributed by atoms with Crippen molar-refractivity contribution < 1.29 is 42.1 Å². The second kappa shape index (κ2) is 13.8. The number of hydrogen-bond acceptors (Lipinski definition) is 8. The van der Waals surface area contributed by atoms with Crippen LogP contribution in [0.4, 0.5) is 8.78 Å². The van der Waals surface area contributed by atoms with Gasteiger partial charge in [0.05, 0.1) is 13.0 Å². The van der Waals surface area contributed by atoms with Gasteiger partial charge in [-0.25, -0.2) is 13.8 Å². The first-order valence-electron chi connectivity index (χ1n) is 12.5. The predicted octanol–water partition coefficient (Wildman–Crippen LogP) is 5.56. The Hall–Kier alpha value is -3.56. The number of aromatic nitrogens is 1. The summed E-state index contributed by atoms with van der Waals surface area (Å²) in [5.41, 5.74) is -0.140. The van der Waals surface area contributed by atoms with Crippen LogP contribution < -0.4 is 14.2 Å². The lowest BCUT2D eigenvalue weighted by Gasteiger charge is -2.30. The molecule has 0 spiro atoms. The molecule has 0 saturated heterocycles. The first-order valence-corrected chi connectivity index (χ1v) is 12.5. The van der Waals surface area contributed by atoms with Crippen molar-refractivity contribution >= 4 is 17.7 Å². The SMILES string of the molecule is CC[C@H](C)[C@H](CC(=O)c1nccc(OC)c1OC(C)=O)C(=O)O[C@@H](C)[C@H](Oc1cc(F)ccc1F)C(C)C. The van der Waals surface area contributed by atoms with Crippen molar-refractivity contribution in [2.24, 2.45) is 17.8 Å². The number of rotatable bonds is 13. The molecule has 0 aliphatic rings. The van der Waals surface area contributed by atoms with E-state index < -0.39 is 47.5 Å². The van der Waals surface area contributed by atoms with E-state index in [1.165, 1.54) is 26.3 Å². The summed E-state index contributed by atoms with van der Waals surface area (Å²) in [4.78, 5) is 42.3. The molecule has 2 rings (SSSR count). The first-order chi connectivity index (χ1) is 17.9. The number of ether oxygens (including phenoxy) is 4. The molecule has 1 heterocycles. The van der Waals surface area contributed by atoms with Crippen molar-refractivity contribution in [2.45, 2.75) is 66.6 Å². The lowest BCUT2D eigenvalue weighted by molar-refractivity contribution is -0.161. The summed E-state index contributed by atoms with van der Waals surface area (Å²) in [6.07, 6.45) is 0.00856. The number of ketones is 1. The normalized spacial score (nSPS) is 14.3. The van der Waals surface area contributed by atoms with E-state index in [1.54, 1.807) is 20.8 Å². The standard InChI is InChI=1S/C28H35F2NO7/c1-8-16(4)20(14-22(33)25-27(37-18(6)32)23(35-7)11-12-31-25)28(34)36-17(5)26(15(2)3)38-24-13-19(29)9-10-21(24)30/h9-13,15-17,20,26H,8,14H2,1-7H3/t16-,17-,20-,26+/m0/s1. The maximum Gasteiger partial charge on any atom is 0.310 e. The van der Waals surface area contributed by atoms with E-state index in [4.69, 9.17) is 18.9 Å². The summed E-state index contributed by atoms with van der Waals surface area (Å²) in [5.74, 6) is -4.84. The minimum absolute atomic E-state index is 0.123. The van der Waals surface area contributed by atoms with Crippen LogP contribution in [0, 0.1) is 29.4 Å². The van der Waals surface area contributed by atoms with Crippen molar-refractivity contribution in [3.63, 3.8) is 0 Å². The van der Waals surface area contributed by atoms with E-state index >= 15 is 0 Å². The van der Waals surface area contributed by atoms with Crippen LogP contribution in [-0.2, 0) is 14.3 Å². The molecule has 10 heteroatoms. The lowest BCUT2D eigenvalue weighted by Crippen LogP contribution is -2.40. The number of carbonyl (C=O) groups excluding carboxylic acids is 3. The number of carbonyl (C=O) groups is 3. The maximum absolute atomic E-state index is 14.2. The van der Waals surface area contributed by atoms with Crippen LogP contribution in [0.3, 0.4) is 0 Å². The molecule has 38 heavy (non-hydrogen) atoms. The summed E-state index contributed by atoms with van der Waals surface area (Å²) < 4.78 is 49.6. The van der Waals surface area contributed by atoms with Gasteiger partial charge in [-0.1, -0.05) is 34.1 Å². The number of halogens is 2. The van der Waals surface area contributed by atoms with Crippen LogP contribution in [0.5, 0.6) is 17.2 Å². The lowest BCUT2D eigenvalue weighted by atomic mass is 9.86. The highest BCUT2D eigenvalue weighted by molar-refractivity contribution is 6.00. The zero-order valence-corrected chi connectivity index (χ0v) is 22.7. The third-order valence-electron chi connectivity index (χ3n) is 6.22. The zero-order chi connectivity index (χ0) is 28.6. The Morgan fingerprint density at radius 3 is 2.29 bits per heavy atom. The summed E-state index contributed by atoms with van der Waals surface area (Å²) in [7, 11) is 1.36. The number of esters is 2. The highest BCUT2D eigenvalue weighted by Crippen LogP contribution is 2.33. The van der Waals surface area contributed by atoms with Crippen LogP contribution in [0.25, 0.3) is 0 Å². The average molecular weight is 536 g/mol. The van der Waals surface area contributed by atoms with Crippen molar-refractivity contribution in [3.05, 3.63) is 47.8 Å². The number of nitrogens with zero attached hydrogens (tertiary/aromatic N) is 1. The Labute approximate surface area is 221 Å². The van der Waals surface area contributed by atoms with Crippen LogP contribution in [0.2, 0.25) is 0 Å². The van der Waals surface area contributed by atoms with Gasteiger partial charge in [0.2, 0.25) is 5.75 Å². The fourth-order valence-corrected chi connectivity index (χ4v) is 3.96.